The molecule has 0 saturated heterocycles. The van der Waals surface area contributed by atoms with E-state index in [-0.39, 0.29) is 0 Å². The third-order valence-corrected chi connectivity index (χ3v) is 3.63. The Kier molecular flexibility index (Phi) is 5.53. The topological polar surface area (TPSA) is 24.7 Å². The van der Waals surface area contributed by atoms with Gasteiger partial charge < -0.3 is 0 Å². The van der Waals surface area contributed by atoms with Crippen molar-refractivity contribution in [3.8, 4) is 0 Å². The first-order chi connectivity index (χ1) is 7.67. The highest BCUT2D eigenvalue weighted by atomic mass is 32.2. The molecule has 0 aromatic heterocycles. The Morgan fingerprint density at radius 3 is 2.81 bits per heavy atom. The zero-order valence-corrected chi connectivity index (χ0v) is 11.3. The molecule has 1 rings (SSSR count). The number of nitrogens with zero attached hydrogens (tertiary/aromatic N) is 2. The van der Waals surface area contributed by atoms with Crippen LogP contribution < -0.4 is 0 Å². The Hall–Kier alpha value is -0.830. The summed E-state index contributed by atoms with van der Waals surface area (Å²) < 4.78 is 0. The maximum Gasteiger partial charge on any atom is 0.0551 e. The summed E-state index contributed by atoms with van der Waals surface area (Å²) in [6, 6.07) is 0. The van der Waals surface area contributed by atoms with E-state index in [1.165, 1.54) is 0 Å². The zero-order chi connectivity index (χ0) is 12.0. The highest BCUT2D eigenvalue weighted by Crippen LogP contribution is 2.32. The minimum absolute atomic E-state index is 0.466. The Balaban J connectivity index is 2.86. The molecule has 0 saturated carbocycles. The van der Waals surface area contributed by atoms with Crippen molar-refractivity contribution in [2.75, 3.05) is 7.05 Å². The standard InChI is InChI=1S/C13H20N2S/c1-5-15-12(9-11(3)14-4)13-8-10(2)6-7-16-13/h5-7,9-10,13H,8H2,1-4H3/b12-9-,14-11?,15-5?. The smallest absolute Gasteiger partial charge is 0.0551 e. The first-order valence-corrected chi connectivity index (χ1v) is 6.57. The first kappa shape index (κ1) is 13.2. The van der Waals surface area contributed by atoms with Crippen LogP contribution in [0.3, 0.4) is 0 Å². The molecule has 0 fully saturated rings. The van der Waals surface area contributed by atoms with Gasteiger partial charge in [-0.25, -0.2) is 0 Å². The fourth-order valence-electron chi connectivity index (χ4n) is 1.58. The van der Waals surface area contributed by atoms with E-state index >= 15 is 0 Å². The Morgan fingerprint density at radius 2 is 2.25 bits per heavy atom. The lowest BCUT2D eigenvalue weighted by atomic mass is 10.0. The van der Waals surface area contributed by atoms with Gasteiger partial charge in [0.15, 0.2) is 0 Å². The van der Waals surface area contributed by atoms with Gasteiger partial charge in [0, 0.05) is 19.0 Å². The molecule has 0 bridgehead atoms. The molecular formula is C13H20N2S. The van der Waals surface area contributed by atoms with Crippen molar-refractivity contribution >= 4 is 23.7 Å². The summed E-state index contributed by atoms with van der Waals surface area (Å²) in [6.45, 7) is 6.22. The van der Waals surface area contributed by atoms with Gasteiger partial charge in [0.25, 0.3) is 0 Å². The maximum atomic E-state index is 4.47. The number of hydrogen-bond donors (Lipinski definition) is 0. The highest BCUT2D eigenvalue weighted by Gasteiger charge is 2.19. The molecule has 0 aromatic rings. The van der Waals surface area contributed by atoms with Gasteiger partial charge in [-0.05, 0) is 37.7 Å². The van der Waals surface area contributed by atoms with Gasteiger partial charge in [0.2, 0.25) is 0 Å². The monoisotopic (exact) mass is 236 g/mol. The molecule has 16 heavy (non-hydrogen) atoms. The third kappa shape index (κ3) is 3.97. The zero-order valence-electron chi connectivity index (χ0n) is 10.5. The molecule has 2 unspecified atom stereocenters. The van der Waals surface area contributed by atoms with Crippen LogP contribution in [0.5, 0.6) is 0 Å². The van der Waals surface area contributed by atoms with E-state index in [1.807, 2.05) is 38.9 Å². The minimum Gasteiger partial charge on any atom is -0.293 e. The second-order valence-electron chi connectivity index (χ2n) is 3.99. The predicted molar refractivity (Wildman–Crippen MR) is 75.6 cm³/mol. The molecule has 2 nitrogen and oxygen atoms in total. The van der Waals surface area contributed by atoms with Crippen molar-refractivity contribution in [2.24, 2.45) is 15.9 Å². The van der Waals surface area contributed by atoms with Crippen LogP contribution in [-0.2, 0) is 0 Å². The fraction of sp³-hybridized carbons (Fsp3) is 0.538. The van der Waals surface area contributed by atoms with Crippen LogP contribution in [-0.4, -0.2) is 24.2 Å². The van der Waals surface area contributed by atoms with Gasteiger partial charge in [0.05, 0.1) is 10.9 Å². The van der Waals surface area contributed by atoms with Crippen LogP contribution in [0, 0.1) is 5.92 Å². The van der Waals surface area contributed by atoms with E-state index in [4.69, 9.17) is 0 Å². The summed E-state index contributed by atoms with van der Waals surface area (Å²) in [4.78, 5) is 8.63. The fourth-order valence-corrected chi connectivity index (χ4v) is 2.81. The minimum atomic E-state index is 0.466. The van der Waals surface area contributed by atoms with Crippen LogP contribution >= 0.6 is 11.8 Å². The molecule has 88 valence electrons. The third-order valence-electron chi connectivity index (χ3n) is 2.55. The van der Waals surface area contributed by atoms with Crippen molar-refractivity contribution in [1.82, 2.24) is 0 Å². The van der Waals surface area contributed by atoms with Gasteiger partial charge in [0.1, 0.15) is 0 Å². The summed E-state index contributed by atoms with van der Waals surface area (Å²) in [6.07, 6.45) is 7.36. The molecule has 0 N–H and O–H groups in total. The quantitative estimate of drug-likeness (QED) is 0.686. The lowest BCUT2D eigenvalue weighted by Gasteiger charge is -2.22. The van der Waals surface area contributed by atoms with Crippen LogP contribution in [0.15, 0.2) is 33.2 Å². The number of aliphatic imine (C=N–C) groups is 2. The number of allylic oxidation sites excluding steroid dienone is 2. The van der Waals surface area contributed by atoms with Crippen LogP contribution in [0.25, 0.3) is 0 Å². The lowest BCUT2D eigenvalue weighted by Crippen LogP contribution is -2.13. The SMILES string of the molecule is CC=N/C(=C\C(C)=NC)C1CC(C)C=CS1. The molecule has 1 heterocycles. The molecule has 0 amide bonds. The summed E-state index contributed by atoms with van der Waals surface area (Å²) in [7, 11) is 1.82. The second-order valence-corrected chi connectivity index (χ2v) is 5.10. The van der Waals surface area contributed by atoms with E-state index < -0.39 is 0 Å². The van der Waals surface area contributed by atoms with E-state index in [2.05, 4.69) is 34.5 Å². The van der Waals surface area contributed by atoms with Crippen molar-refractivity contribution in [3.05, 3.63) is 23.3 Å². The van der Waals surface area contributed by atoms with Crippen molar-refractivity contribution < 1.29 is 0 Å². The Labute approximate surface area is 103 Å². The Bertz CT molecular complexity index is 340. The average molecular weight is 236 g/mol. The summed E-state index contributed by atoms with van der Waals surface area (Å²) in [5.74, 6) is 0.639. The van der Waals surface area contributed by atoms with Gasteiger partial charge >= 0.3 is 0 Å². The normalized spacial score (nSPS) is 27.8. The molecule has 0 radical (unpaired) electrons. The largest absolute Gasteiger partial charge is 0.293 e. The van der Waals surface area contributed by atoms with E-state index in [0.717, 1.165) is 17.8 Å². The summed E-state index contributed by atoms with van der Waals surface area (Å²) in [5, 5.41) is 2.66. The van der Waals surface area contributed by atoms with E-state index in [1.54, 1.807) is 0 Å². The maximum absolute atomic E-state index is 4.47. The van der Waals surface area contributed by atoms with Crippen molar-refractivity contribution in [2.45, 2.75) is 32.4 Å². The number of thioether (sulfide) groups is 1. The molecule has 0 aromatic carbocycles. The van der Waals surface area contributed by atoms with Gasteiger partial charge in [-0.3, -0.25) is 9.98 Å². The highest BCUT2D eigenvalue weighted by molar-refractivity contribution is 8.02. The molecule has 3 heteroatoms. The van der Waals surface area contributed by atoms with Crippen LogP contribution in [0.1, 0.15) is 27.2 Å². The molecule has 1 aliphatic heterocycles. The molecule has 0 spiro atoms. The average Bonchev–Trinajstić information content (AvgIpc) is 2.28. The Morgan fingerprint density at radius 1 is 1.50 bits per heavy atom. The van der Waals surface area contributed by atoms with E-state index in [0.29, 0.717) is 11.2 Å². The molecule has 2 atom stereocenters. The first-order valence-electron chi connectivity index (χ1n) is 5.63. The van der Waals surface area contributed by atoms with Crippen molar-refractivity contribution in [1.29, 1.82) is 0 Å². The van der Waals surface area contributed by atoms with Crippen LogP contribution in [0.2, 0.25) is 0 Å². The van der Waals surface area contributed by atoms with Gasteiger partial charge in [-0.1, -0.05) is 13.0 Å². The molecular weight excluding hydrogens is 216 g/mol. The summed E-state index contributed by atoms with van der Waals surface area (Å²) in [5.41, 5.74) is 2.16. The second kappa shape index (κ2) is 6.69. The van der Waals surface area contributed by atoms with Crippen molar-refractivity contribution in [3.63, 3.8) is 0 Å². The van der Waals surface area contributed by atoms with E-state index in [9.17, 15) is 0 Å². The van der Waals surface area contributed by atoms with Gasteiger partial charge in [-0.15, -0.1) is 11.8 Å². The molecule has 0 aliphatic carbocycles. The summed E-state index contributed by atoms with van der Waals surface area (Å²) >= 11 is 1.85. The van der Waals surface area contributed by atoms with Gasteiger partial charge in [-0.2, -0.15) is 0 Å². The number of rotatable bonds is 3. The predicted octanol–water partition coefficient (Wildman–Crippen LogP) is 3.71. The molecule has 1 aliphatic rings. The van der Waals surface area contributed by atoms with Crippen LogP contribution in [0.4, 0.5) is 0 Å². The number of hydrogen-bond acceptors (Lipinski definition) is 3. The lowest BCUT2D eigenvalue weighted by molar-refractivity contribution is 0.648.